The average Bonchev–Trinajstić information content (AvgIpc) is 2.98. The molecule has 0 unspecified atom stereocenters. The Bertz CT molecular complexity index is 1260. The van der Waals surface area contributed by atoms with E-state index in [-0.39, 0.29) is 11.1 Å². The number of nitrogens with zero attached hydrogens (tertiary/aromatic N) is 2. The molecule has 2 heterocycles. The number of ether oxygens (including phenoxy) is 1. The highest BCUT2D eigenvalue weighted by atomic mass is 16.5. The van der Waals surface area contributed by atoms with E-state index in [1.165, 1.54) is 15.3 Å². The lowest BCUT2D eigenvalue weighted by Crippen LogP contribution is -2.21. The van der Waals surface area contributed by atoms with Gasteiger partial charge in [-0.3, -0.25) is 19.3 Å². The second-order valence-electron chi connectivity index (χ2n) is 6.48. The number of fused-ring (bicyclic) bond motifs is 1. The number of methoxy groups -OCH3 is 1. The van der Waals surface area contributed by atoms with Crippen LogP contribution in [0.3, 0.4) is 0 Å². The summed E-state index contributed by atoms with van der Waals surface area (Å²) in [6, 6.07) is 16.3. The molecule has 0 fully saturated rings. The van der Waals surface area contributed by atoms with Crippen LogP contribution in [0.5, 0.6) is 5.75 Å². The highest BCUT2D eigenvalue weighted by Gasteiger charge is 2.16. The molecule has 27 heavy (non-hydrogen) atoms. The molecule has 0 atom stereocenters. The number of hydrogen-bond acceptors (Lipinski definition) is 3. The number of aromatic amines is 1. The van der Waals surface area contributed by atoms with Crippen molar-refractivity contribution in [1.29, 1.82) is 0 Å². The summed E-state index contributed by atoms with van der Waals surface area (Å²) in [6.45, 7) is 3.75. The van der Waals surface area contributed by atoms with Crippen LogP contribution in [-0.4, -0.2) is 21.5 Å². The third-order valence-corrected chi connectivity index (χ3v) is 4.69. The Morgan fingerprint density at radius 3 is 2.33 bits per heavy atom. The molecule has 0 radical (unpaired) electrons. The fraction of sp³-hybridized carbons (Fsp3) is 0.143. The van der Waals surface area contributed by atoms with Gasteiger partial charge in [0.15, 0.2) is 0 Å². The quantitative estimate of drug-likeness (QED) is 0.610. The van der Waals surface area contributed by atoms with Gasteiger partial charge in [-0.2, -0.15) is 0 Å². The molecule has 0 bridgehead atoms. The highest BCUT2D eigenvalue weighted by Crippen LogP contribution is 2.19. The van der Waals surface area contributed by atoms with E-state index in [1.54, 1.807) is 38.3 Å². The van der Waals surface area contributed by atoms with Crippen LogP contribution in [0.4, 0.5) is 0 Å². The van der Waals surface area contributed by atoms with Crippen LogP contribution in [0.2, 0.25) is 0 Å². The molecule has 0 saturated carbocycles. The number of rotatable bonds is 3. The molecule has 0 spiro atoms. The molecule has 0 aliphatic rings. The summed E-state index contributed by atoms with van der Waals surface area (Å²) in [5.41, 5.74) is 3.19. The van der Waals surface area contributed by atoms with Gasteiger partial charge in [-0.05, 0) is 55.8 Å². The number of hydrogen-bond donors (Lipinski definition) is 1. The summed E-state index contributed by atoms with van der Waals surface area (Å²) in [6.07, 6.45) is 0. The molecule has 2 aromatic carbocycles. The summed E-state index contributed by atoms with van der Waals surface area (Å²) in [4.78, 5) is 25.8. The minimum absolute atomic E-state index is 0.185. The lowest BCUT2D eigenvalue weighted by molar-refractivity contribution is 0.414. The van der Waals surface area contributed by atoms with E-state index in [0.29, 0.717) is 28.0 Å². The van der Waals surface area contributed by atoms with E-state index in [9.17, 15) is 9.59 Å². The van der Waals surface area contributed by atoms with Gasteiger partial charge in [-0.15, -0.1) is 0 Å². The summed E-state index contributed by atoms with van der Waals surface area (Å²) in [7, 11) is 1.59. The van der Waals surface area contributed by atoms with E-state index in [0.717, 1.165) is 11.3 Å². The molecule has 0 aliphatic heterocycles. The Morgan fingerprint density at radius 2 is 1.67 bits per heavy atom. The molecule has 6 heteroatoms. The number of pyridine rings is 1. The number of H-pyrrole nitrogens is 1. The molecule has 0 saturated heterocycles. The van der Waals surface area contributed by atoms with E-state index < -0.39 is 0 Å². The van der Waals surface area contributed by atoms with Gasteiger partial charge in [0.2, 0.25) is 0 Å². The third kappa shape index (κ3) is 2.75. The Labute approximate surface area is 155 Å². The molecular weight excluding hydrogens is 342 g/mol. The lowest BCUT2D eigenvalue weighted by Gasteiger charge is -2.10. The minimum atomic E-state index is -0.206. The number of nitrogens with one attached hydrogen (secondary N) is 1. The Hall–Kier alpha value is -3.54. The van der Waals surface area contributed by atoms with Gasteiger partial charge in [0.25, 0.3) is 11.1 Å². The number of aryl methyl sites for hydroxylation is 2. The molecule has 0 aliphatic carbocycles. The molecule has 4 aromatic rings. The Kier molecular flexibility index (Phi) is 3.96. The standard InChI is InChI=1S/C21H19N3O3/c1-13-5-4-6-16(11-13)24-21(26)20-14(2)23(19(25)12-18(20)22-24)15-7-9-17(27-3)10-8-15/h4-12,22H,1-3H3. The largest absolute Gasteiger partial charge is 0.497 e. The molecule has 4 rings (SSSR count). The molecular formula is C21H19N3O3. The second kappa shape index (κ2) is 6.32. The zero-order valence-corrected chi connectivity index (χ0v) is 15.3. The average molecular weight is 361 g/mol. The van der Waals surface area contributed by atoms with Crippen molar-refractivity contribution >= 4 is 10.9 Å². The van der Waals surface area contributed by atoms with Crippen molar-refractivity contribution in [2.75, 3.05) is 7.11 Å². The predicted molar refractivity (Wildman–Crippen MR) is 106 cm³/mol. The first-order valence-corrected chi connectivity index (χ1v) is 8.58. The van der Waals surface area contributed by atoms with Gasteiger partial charge in [0, 0.05) is 17.4 Å². The number of benzene rings is 2. The summed E-state index contributed by atoms with van der Waals surface area (Å²) in [5.74, 6) is 0.703. The van der Waals surface area contributed by atoms with Gasteiger partial charge in [-0.25, -0.2) is 4.68 Å². The predicted octanol–water partition coefficient (Wildman–Crippen LogP) is 3.10. The van der Waals surface area contributed by atoms with Crippen LogP contribution in [0.1, 0.15) is 11.3 Å². The maximum absolute atomic E-state index is 13.1. The van der Waals surface area contributed by atoms with Crippen molar-refractivity contribution in [2.24, 2.45) is 0 Å². The normalized spacial score (nSPS) is 11.1. The zero-order valence-electron chi connectivity index (χ0n) is 15.3. The lowest BCUT2D eigenvalue weighted by atomic mass is 10.2. The van der Waals surface area contributed by atoms with Gasteiger partial charge < -0.3 is 4.74 Å². The summed E-state index contributed by atoms with van der Waals surface area (Å²) in [5, 5.41) is 3.55. The minimum Gasteiger partial charge on any atom is -0.497 e. The van der Waals surface area contributed by atoms with E-state index >= 15 is 0 Å². The maximum Gasteiger partial charge on any atom is 0.280 e. The summed E-state index contributed by atoms with van der Waals surface area (Å²) >= 11 is 0. The topological polar surface area (TPSA) is 69.0 Å². The Balaban J connectivity index is 1.97. The highest BCUT2D eigenvalue weighted by molar-refractivity contribution is 5.81. The smallest absolute Gasteiger partial charge is 0.280 e. The van der Waals surface area contributed by atoms with Crippen molar-refractivity contribution in [2.45, 2.75) is 13.8 Å². The van der Waals surface area contributed by atoms with Crippen LogP contribution in [0, 0.1) is 13.8 Å². The van der Waals surface area contributed by atoms with Crippen molar-refractivity contribution in [3.8, 4) is 17.1 Å². The third-order valence-electron chi connectivity index (χ3n) is 4.69. The zero-order chi connectivity index (χ0) is 19.1. The van der Waals surface area contributed by atoms with Crippen LogP contribution in [0.25, 0.3) is 22.3 Å². The molecule has 136 valence electrons. The van der Waals surface area contributed by atoms with E-state index in [2.05, 4.69) is 5.10 Å². The van der Waals surface area contributed by atoms with Crippen LogP contribution < -0.4 is 15.9 Å². The van der Waals surface area contributed by atoms with Crippen LogP contribution in [0.15, 0.2) is 64.2 Å². The SMILES string of the molecule is COc1ccc(-n2c(C)c3c(=O)n(-c4cccc(C)c4)[nH]c3cc2=O)cc1. The molecule has 0 amide bonds. The first kappa shape index (κ1) is 16.9. The van der Waals surface area contributed by atoms with Crippen molar-refractivity contribution in [3.05, 3.63) is 86.6 Å². The summed E-state index contributed by atoms with van der Waals surface area (Å²) < 4.78 is 8.19. The van der Waals surface area contributed by atoms with Crippen LogP contribution >= 0.6 is 0 Å². The first-order valence-electron chi connectivity index (χ1n) is 8.58. The first-order chi connectivity index (χ1) is 13.0. The van der Waals surface area contributed by atoms with Crippen LogP contribution in [-0.2, 0) is 0 Å². The van der Waals surface area contributed by atoms with Gasteiger partial charge in [-0.1, -0.05) is 12.1 Å². The Morgan fingerprint density at radius 1 is 0.926 bits per heavy atom. The van der Waals surface area contributed by atoms with Gasteiger partial charge in [0.05, 0.1) is 23.7 Å². The monoisotopic (exact) mass is 361 g/mol. The second-order valence-corrected chi connectivity index (χ2v) is 6.48. The van der Waals surface area contributed by atoms with E-state index in [1.807, 2.05) is 31.2 Å². The van der Waals surface area contributed by atoms with Crippen molar-refractivity contribution < 1.29 is 4.74 Å². The van der Waals surface area contributed by atoms with Crippen molar-refractivity contribution in [3.63, 3.8) is 0 Å². The van der Waals surface area contributed by atoms with Crippen molar-refractivity contribution in [1.82, 2.24) is 14.3 Å². The van der Waals surface area contributed by atoms with Gasteiger partial charge >= 0.3 is 0 Å². The van der Waals surface area contributed by atoms with E-state index in [4.69, 9.17) is 4.74 Å². The fourth-order valence-corrected chi connectivity index (χ4v) is 3.37. The number of aromatic nitrogens is 3. The maximum atomic E-state index is 13.1. The molecule has 1 N–H and O–H groups in total. The fourth-order valence-electron chi connectivity index (χ4n) is 3.37. The molecule has 6 nitrogen and oxygen atoms in total. The van der Waals surface area contributed by atoms with Gasteiger partial charge in [0.1, 0.15) is 5.75 Å². The molecule has 2 aromatic heterocycles.